The highest BCUT2D eigenvalue weighted by atomic mass is 16.7. The Bertz CT molecular complexity index is 509. The fourth-order valence-electron chi connectivity index (χ4n) is 2.48. The second-order valence-electron chi connectivity index (χ2n) is 5.38. The third-order valence-corrected chi connectivity index (χ3v) is 3.81. The molecule has 0 aromatic heterocycles. The number of nitrogens with one attached hydrogen (secondary N) is 1. The third-order valence-electron chi connectivity index (χ3n) is 3.81. The van der Waals surface area contributed by atoms with Crippen LogP contribution in [-0.2, 0) is 16.2 Å². The Kier molecular flexibility index (Phi) is 3.58. The van der Waals surface area contributed by atoms with Crippen LogP contribution in [0.25, 0.3) is 0 Å². The van der Waals surface area contributed by atoms with Gasteiger partial charge in [-0.2, -0.15) is 0 Å². The normalized spacial score (nSPS) is 18.9. The Morgan fingerprint density at radius 2 is 2.15 bits per heavy atom. The summed E-state index contributed by atoms with van der Waals surface area (Å²) in [6, 6.07) is 9.60. The van der Waals surface area contributed by atoms with Gasteiger partial charge in [-0.1, -0.05) is 35.5 Å². The number of hydrogen-bond acceptors (Lipinski definition) is 4. The van der Waals surface area contributed by atoms with Crippen LogP contribution in [0.3, 0.4) is 0 Å². The van der Waals surface area contributed by atoms with Crippen molar-refractivity contribution in [2.75, 3.05) is 6.54 Å². The predicted molar refractivity (Wildman–Crippen MR) is 74.3 cm³/mol. The molecule has 1 aliphatic heterocycles. The van der Waals surface area contributed by atoms with Gasteiger partial charge in [-0.3, -0.25) is 0 Å². The molecule has 1 N–H and O–H groups in total. The second kappa shape index (κ2) is 5.53. The van der Waals surface area contributed by atoms with Crippen LogP contribution in [0.15, 0.2) is 35.5 Å². The maximum absolute atomic E-state index is 11.6. The molecule has 20 heavy (non-hydrogen) atoms. The van der Waals surface area contributed by atoms with Gasteiger partial charge in [0, 0.05) is 6.42 Å². The zero-order chi connectivity index (χ0) is 13.8. The summed E-state index contributed by atoms with van der Waals surface area (Å²) in [5, 5.41) is 6.76. The van der Waals surface area contributed by atoms with E-state index in [4.69, 9.17) is 9.57 Å². The smallest absolute Gasteiger partial charge is 0.407 e. The molecule has 0 unspecified atom stereocenters. The molecule has 3 rings (SSSR count). The predicted octanol–water partition coefficient (Wildman–Crippen LogP) is 2.61. The van der Waals surface area contributed by atoms with E-state index in [-0.39, 0.29) is 12.2 Å². The lowest BCUT2D eigenvalue weighted by Crippen LogP contribution is -2.38. The summed E-state index contributed by atoms with van der Waals surface area (Å²) in [6.07, 6.45) is 3.74. The molecule has 1 amide bonds. The van der Waals surface area contributed by atoms with Gasteiger partial charge in [0.2, 0.25) is 0 Å². The van der Waals surface area contributed by atoms with Gasteiger partial charge in [-0.05, 0) is 24.8 Å². The standard InChI is InChI=1S/C15H18N2O3/c18-14(19-11-12-5-2-1-3-6-12)16-10-13-9-15(20-17-13)7-4-8-15/h1-3,5-6H,4,7-11H2,(H,16,18). The van der Waals surface area contributed by atoms with Gasteiger partial charge in [-0.25, -0.2) is 4.79 Å². The molecule has 1 heterocycles. The Hall–Kier alpha value is -2.04. The summed E-state index contributed by atoms with van der Waals surface area (Å²) < 4.78 is 5.13. The summed E-state index contributed by atoms with van der Waals surface area (Å²) in [6.45, 7) is 0.676. The first-order valence-electron chi connectivity index (χ1n) is 6.94. The van der Waals surface area contributed by atoms with Crippen LogP contribution in [0.2, 0.25) is 0 Å². The van der Waals surface area contributed by atoms with E-state index in [1.165, 1.54) is 6.42 Å². The van der Waals surface area contributed by atoms with Crippen molar-refractivity contribution in [3.05, 3.63) is 35.9 Å². The summed E-state index contributed by atoms with van der Waals surface area (Å²) in [4.78, 5) is 17.0. The SMILES string of the molecule is O=C(NCC1=NOC2(CCC2)C1)OCc1ccccc1. The first-order chi connectivity index (χ1) is 9.76. The highest BCUT2D eigenvalue weighted by molar-refractivity contribution is 5.90. The lowest BCUT2D eigenvalue weighted by atomic mass is 9.77. The van der Waals surface area contributed by atoms with Gasteiger partial charge in [-0.15, -0.1) is 0 Å². The van der Waals surface area contributed by atoms with E-state index in [2.05, 4.69) is 10.5 Å². The van der Waals surface area contributed by atoms with E-state index in [0.29, 0.717) is 6.54 Å². The lowest BCUT2D eigenvalue weighted by molar-refractivity contribution is -0.0755. The summed E-state index contributed by atoms with van der Waals surface area (Å²) in [7, 11) is 0. The number of ether oxygens (including phenoxy) is 1. The van der Waals surface area contributed by atoms with Crippen molar-refractivity contribution in [3.8, 4) is 0 Å². The number of carbonyl (C=O) groups excluding carboxylic acids is 1. The van der Waals surface area contributed by atoms with Crippen molar-refractivity contribution >= 4 is 11.8 Å². The van der Waals surface area contributed by atoms with Crippen molar-refractivity contribution in [2.24, 2.45) is 5.16 Å². The fraction of sp³-hybridized carbons (Fsp3) is 0.467. The molecular formula is C15H18N2O3. The topological polar surface area (TPSA) is 59.9 Å². The number of alkyl carbamates (subject to hydrolysis) is 1. The van der Waals surface area contributed by atoms with Crippen LogP contribution < -0.4 is 5.32 Å². The molecule has 1 fully saturated rings. The number of carbonyl (C=O) groups is 1. The molecule has 1 saturated carbocycles. The largest absolute Gasteiger partial charge is 0.445 e. The molecule has 1 aromatic rings. The number of nitrogens with zero attached hydrogens (tertiary/aromatic N) is 1. The minimum absolute atomic E-state index is 0.0506. The van der Waals surface area contributed by atoms with Crippen LogP contribution >= 0.6 is 0 Å². The Labute approximate surface area is 117 Å². The quantitative estimate of drug-likeness (QED) is 0.918. The molecule has 0 saturated heterocycles. The van der Waals surface area contributed by atoms with Crippen molar-refractivity contribution in [1.82, 2.24) is 5.32 Å². The molecule has 5 nitrogen and oxygen atoms in total. The molecule has 1 aromatic carbocycles. The maximum atomic E-state index is 11.6. The molecule has 0 bridgehead atoms. The Morgan fingerprint density at radius 1 is 1.35 bits per heavy atom. The van der Waals surface area contributed by atoms with E-state index in [1.807, 2.05) is 30.3 Å². The number of hydrogen-bond donors (Lipinski definition) is 1. The van der Waals surface area contributed by atoms with E-state index < -0.39 is 6.09 Å². The summed E-state index contributed by atoms with van der Waals surface area (Å²) in [5.41, 5.74) is 1.81. The van der Waals surface area contributed by atoms with Gasteiger partial charge in [0.05, 0.1) is 12.3 Å². The van der Waals surface area contributed by atoms with Crippen LogP contribution in [-0.4, -0.2) is 24.0 Å². The van der Waals surface area contributed by atoms with Crippen molar-refractivity contribution in [1.29, 1.82) is 0 Å². The minimum atomic E-state index is -0.425. The summed E-state index contributed by atoms with van der Waals surface area (Å²) in [5.74, 6) is 0. The fourth-order valence-corrected chi connectivity index (χ4v) is 2.48. The van der Waals surface area contributed by atoms with Crippen molar-refractivity contribution in [3.63, 3.8) is 0 Å². The molecule has 0 atom stereocenters. The van der Waals surface area contributed by atoms with E-state index >= 15 is 0 Å². The van der Waals surface area contributed by atoms with Gasteiger partial charge >= 0.3 is 6.09 Å². The molecule has 1 spiro atoms. The van der Waals surface area contributed by atoms with Crippen LogP contribution in [0.1, 0.15) is 31.2 Å². The Balaban J connectivity index is 1.37. The van der Waals surface area contributed by atoms with Gasteiger partial charge in [0.25, 0.3) is 0 Å². The number of oxime groups is 1. The van der Waals surface area contributed by atoms with Crippen molar-refractivity contribution in [2.45, 2.75) is 37.9 Å². The van der Waals surface area contributed by atoms with Crippen LogP contribution in [0.5, 0.6) is 0 Å². The first-order valence-corrected chi connectivity index (χ1v) is 6.94. The Morgan fingerprint density at radius 3 is 2.80 bits per heavy atom. The minimum Gasteiger partial charge on any atom is -0.445 e. The van der Waals surface area contributed by atoms with Gasteiger partial charge < -0.3 is 14.9 Å². The molecule has 106 valence electrons. The number of benzene rings is 1. The molecule has 1 aliphatic carbocycles. The van der Waals surface area contributed by atoms with Gasteiger partial charge in [0.15, 0.2) is 0 Å². The number of rotatable bonds is 4. The van der Waals surface area contributed by atoms with Crippen molar-refractivity contribution < 1.29 is 14.4 Å². The highest BCUT2D eigenvalue weighted by Gasteiger charge is 2.44. The molecule has 2 aliphatic rings. The van der Waals surface area contributed by atoms with E-state index in [0.717, 1.165) is 30.5 Å². The molecule has 0 radical (unpaired) electrons. The summed E-state index contributed by atoms with van der Waals surface area (Å²) >= 11 is 0. The number of amides is 1. The van der Waals surface area contributed by atoms with Gasteiger partial charge in [0.1, 0.15) is 12.2 Å². The molecular weight excluding hydrogens is 256 g/mol. The average Bonchev–Trinajstić information content (AvgIpc) is 2.89. The monoisotopic (exact) mass is 274 g/mol. The van der Waals surface area contributed by atoms with E-state index in [1.54, 1.807) is 0 Å². The lowest BCUT2D eigenvalue weighted by Gasteiger charge is -2.34. The second-order valence-corrected chi connectivity index (χ2v) is 5.38. The zero-order valence-corrected chi connectivity index (χ0v) is 11.3. The van der Waals surface area contributed by atoms with Crippen LogP contribution in [0, 0.1) is 0 Å². The molecule has 5 heteroatoms. The maximum Gasteiger partial charge on any atom is 0.407 e. The van der Waals surface area contributed by atoms with Crippen LogP contribution in [0.4, 0.5) is 4.79 Å². The highest BCUT2D eigenvalue weighted by Crippen LogP contribution is 2.41. The average molecular weight is 274 g/mol. The van der Waals surface area contributed by atoms with E-state index in [9.17, 15) is 4.79 Å². The zero-order valence-electron chi connectivity index (χ0n) is 11.3. The first kappa shape index (κ1) is 13.0. The third kappa shape index (κ3) is 2.92.